The molecule has 0 spiro atoms. The average molecular weight is 285 g/mol. The molecule has 7 heteroatoms. The van der Waals surface area contributed by atoms with Crippen molar-refractivity contribution in [3.8, 4) is 5.75 Å². The third-order valence-electron chi connectivity index (χ3n) is 2.75. The highest BCUT2D eigenvalue weighted by molar-refractivity contribution is 7.89. The summed E-state index contributed by atoms with van der Waals surface area (Å²) in [4.78, 5) is 10.4. The number of ether oxygens (including phenoxy) is 2. The molecule has 1 aliphatic rings. The van der Waals surface area contributed by atoms with Gasteiger partial charge in [0.05, 0.1) is 18.1 Å². The van der Waals surface area contributed by atoms with Crippen LogP contribution in [0.5, 0.6) is 5.75 Å². The smallest absolute Gasteiger partial charge is 0.243 e. The van der Waals surface area contributed by atoms with Crippen molar-refractivity contribution >= 4 is 16.3 Å². The quantitative estimate of drug-likeness (QED) is 0.727. The Balaban J connectivity index is 2.13. The van der Waals surface area contributed by atoms with Crippen LogP contribution in [0.1, 0.15) is 0 Å². The van der Waals surface area contributed by atoms with Crippen LogP contribution in [0.3, 0.4) is 0 Å². The van der Waals surface area contributed by atoms with Gasteiger partial charge in [0.25, 0.3) is 0 Å². The highest BCUT2D eigenvalue weighted by atomic mass is 32.2. The lowest BCUT2D eigenvalue weighted by molar-refractivity contribution is -0.109. The van der Waals surface area contributed by atoms with Crippen molar-refractivity contribution in [3.63, 3.8) is 0 Å². The molecule has 0 N–H and O–H groups in total. The van der Waals surface area contributed by atoms with Crippen LogP contribution in [-0.2, 0) is 19.6 Å². The molecule has 1 aliphatic heterocycles. The van der Waals surface area contributed by atoms with E-state index in [0.29, 0.717) is 38.3 Å². The fourth-order valence-corrected chi connectivity index (χ4v) is 3.18. The summed E-state index contributed by atoms with van der Waals surface area (Å²) in [7, 11) is -3.47. The van der Waals surface area contributed by atoms with Crippen molar-refractivity contribution in [2.75, 3.05) is 32.9 Å². The summed E-state index contributed by atoms with van der Waals surface area (Å²) in [6.07, 6.45) is 0.637. The zero-order valence-corrected chi connectivity index (χ0v) is 11.1. The molecule has 0 atom stereocenters. The minimum absolute atomic E-state index is 0.0461. The summed E-state index contributed by atoms with van der Waals surface area (Å²) in [6, 6.07) is 6.03. The Labute approximate surface area is 112 Å². The van der Waals surface area contributed by atoms with E-state index in [2.05, 4.69) is 0 Å². The predicted molar refractivity (Wildman–Crippen MR) is 67.6 cm³/mol. The van der Waals surface area contributed by atoms with Crippen LogP contribution >= 0.6 is 0 Å². The van der Waals surface area contributed by atoms with Gasteiger partial charge in [0.2, 0.25) is 10.0 Å². The molecule has 0 saturated carbocycles. The number of nitrogens with zero attached hydrogens (tertiary/aromatic N) is 1. The van der Waals surface area contributed by atoms with Crippen molar-refractivity contribution in [1.82, 2.24) is 4.31 Å². The fraction of sp³-hybridized carbons (Fsp3) is 0.417. The van der Waals surface area contributed by atoms with Crippen LogP contribution in [0.15, 0.2) is 29.2 Å². The number of hydrogen-bond donors (Lipinski definition) is 0. The summed E-state index contributed by atoms with van der Waals surface area (Å²) < 4.78 is 36.2. The molecule has 104 valence electrons. The zero-order chi connectivity index (χ0) is 13.7. The maximum Gasteiger partial charge on any atom is 0.243 e. The molecule has 6 nitrogen and oxygen atoms in total. The molecule has 1 aromatic carbocycles. The summed E-state index contributed by atoms with van der Waals surface area (Å²) in [6.45, 7) is 1.52. The second kappa shape index (κ2) is 6.14. The van der Waals surface area contributed by atoms with Crippen molar-refractivity contribution in [3.05, 3.63) is 24.3 Å². The van der Waals surface area contributed by atoms with Crippen molar-refractivity contribution in [2.45, 2.75) is 4.90 Å². The van der Waals surface area contributed by atoms with Gasteiger partial charge in [0, 0.05) is 13.1 Å². The third-order valence-corrected chi connectivity index (χ3v) is 4.66. The zero-order valence-electron chi connectivity index (χ0n) is 10.3. The molecule has 0 aliphatic carbocycles. The van der Waals surface area contributed by atoms with Crippen LogP contribution in [0.25, 0.3) is 0 Å². The van der Waals surface area contributed by atoms with E-state index in [1.165, 1.54) is 28.6 Å². The molecular weight excluding hydrogens is 270 g/mol. The van der Waals surface area contributed by atoms with Gasteiger partial charge in [-0.2, -0.15) is 4.31 Å². The fourth-order valence-electron chi connectivity index (χ4n) is 1.77. The number of hydrogen-bond acceptors (Lipinski definition) is 5. The Morgan fingerprint density at radius 3 is 2.42 bits per heavy atom. The Morgan fingerprint density at radius 1 is 1.21 bits per heavy atom. The lowest BCUT2D eigenvalue weighted by atomic mass is 10.3. The molecule has 0 unspecified atom stereocenters. The lowest BCUT2D eigenvalue weighted by Crippen LogP contribution is -2.40. The predicted octanol–water partition coefficient (Wildman–Crippen LogP) is 0.285. The minimum atomic E-state index is -3.47. The second-order valence-corrected chi connectivity index (χ2v) is 5.90. The highest BCUT2D eigenvalue weighted by Crippen LogP contribution is 2.20. The molecular formula is C12H15NO5S. The van der Waals surface area contributed by atoms with Gasteiger partial charge in [-0.3, -0.25) is 4.79 Å². The van der Waals surface area contributed by atoms with Gasteiger partial charge >= 0.3 is 0 Å². The van der Waals surface area contributed by atoms with E-state index in [4.69, 9.17) is 9.47 Å². The van der Waals surface area contributed by atoms with Gasteiger partial charge in [-0.05, 0) is 24.3 Å². The monoisotopic (exact) mass is 285 g/mol. The van der Waals surface area contributed by atoms with Gasteiger partial charge < -0.3 is 9.47 Å². The second-order valence-electron chi connectivity index (χ2n) is 3.97. The maximum atomic E-state index is 12.3. The topological polar surface area (TPSA) is 72.9 Å². The van der Waals surface area contributed by atoms with Crippen LogP contribution in [0, 0.1) is 0 Å². The van der Waals surface area contributed by atoms with E-state index in [1.54, 1.807) is 0 Å². The van der Waals surface area contributed by atoms with Crippen molar-refractivity contribution < 1.29 is 22.7 Å². The van der Waals surface area contributed by atoms with Crippen LogP contribution in [0.4, 0.5) is 0 Å². The number of carbonyl (C=O) groups is 1. The maximum absolute atomic E-state index is 12.3. The molecule has 0 radical (unpaired) electrons. The summed E-state index contributed by atoms with van der Waals surface area (Å²) in [5.74, 6) is 0.466. The molecule has 1 saturated heterocycles. The van der Waals surface area contributed by atoms with Crippen LogP contribution in [-0.4, -0.2) is 51.9 Å². The lowest BCUT2D eigenvalue weighted by Gasteiger charge is -2.26. The van der Waals surface area contributed by atoms with E-state index >= 15 is 0 Å². The molecule has 0 bridgehead atoms. The molecule has 1 fully saturated rings. The summed E-state index contributed by atoms with van der Waals surface area (Å²) in [5, 5.41) is 0. The SMILES string of the molecule is O=CCOc1ccc(S(=O)(=O)N2CCOCC2)cc1. The van der Waals surface area contributed by atoms with E-state index < -0.39 is 10.0 Å². The molecule has 19 heavy (non-hydrogen) atoms. The van der Waals surface area contributed by atoms with Crippen LogP contribution in [0.2, 0.25) is 0 Å². The van der Waals surface area contributed by atoms with Gasteiger partial charge in [-0.25, -0.2) is 8.42 Å². The van der Waals surface area contributed by atoms with E-state index in [9.17, 15) is 13.2 Å². The van der Waals surface area contributed by atoms with Gasteiger partial charge in [0.1, 0.15) is 12.4 Å². The summed E-state index contributed by atoms with van der Waals surface area (Å²) >= 11 is 0. The molecule has 0 amide bonds. The van der Waals surface area contributed by atoms with Crippen molar-refractivity contribution in [1.29, 1.82) is 0 Å². The molecule has 1 aromatic rings. The Bertz CT molecular complexity index is 520. The molecule has 1 heterocycles. The average Bonchev–Trinajstić information content (AvgIpc) is 2.46. The van der Waals surface area contributed by atoms with Crippen LogP contribution < -0.4 is 4.74 Å². The number of benzene rings is 1. The normalized spacial score (nSPS) is 17.1. The number of sulfonamides is 1. The first-order valence-corrected chi connectivity index (χ1v) is 7.33. The van der Waals surface area contributed by atoms with E-state index in [-0.39, 0.29) is 11.5 Å². The van der Waals surface area contributed by atoms with Crippen molar-refractivity contribution in [2.24, 2.45) is 0 Å². The Hall–Kier alpha value is -1.44. The van der Waals surface area contributed by atoms with Gasteiger partial charge in [0.15, 0.2) is 6.29 Å². The Morgan fingerprint density at radius 2 is 1.84 bits per heavy atom. The largest absolute Gasteiger partial charge is 0.486 e. The molecule has 0 aromatic heterocycles. The van der Waals surface area contributed by atoms with Gasteiger partial charge in [-0.1, -0.05) is 0 Å². The van der Waals surface area contributed by atoms with Gasteiger partial charge in [-0.15, -0.1) is 0 Å². The Kier molecular flexibility index (Phi) is 4.52. The number of morpholine rings is 1. The highest BCUT2D eigenvalue weighted by Gasteiger charge is 2.26. The van der Waals surface area contributed by atoms with E-state index in [1.807, 2.05) is 0 Å². The number of aldehydes is 1. The number of rotatable bonds is 5. The third kappa shape index (κ3) is 3.31. The first-order valence-electron chi connectivity index (χ1n) is 5.89. The first kappa shape index (κ1) is 14.0. The molecule has 2 rings (SSSR count). The standard InChI is InChI=1S/C12H15NO5S/c14-7-10-18-11-1-3-12(4-2-11)19(15,16)13-5-8-17-9-6-13/h1-4,7H,5-6,8-10H2. The first-order chi connectivity index (χ1) is 9.14. The number of carbonyl (C=O) groups excluding carboxylic acids is 1. The minimum Gasteiger partial charge on any atom is -0.486 e. The van der Waals surface area contributed by atoms with E-state index in [0.717, 1.165) is 0 Å². The summed E-state index contributed by atoms with van der Waals surface area (Å²) in [5.41, 5.74) is 0.